The van der Waals surface area contributed by atoms with E-state index in [0.717, 1.165) is 40.4 Å². The Bertz CT molecular complexity index is 1160. The molecule has 1 aliphatic rings. The third-order valence-corrected chi connectivity index (χ3v) is 7.24. The molecule has 0 saturated carbocycles. The molecule has 0 radical (unpaired) electrons. The Balaban J connectivity index is 1.46. The Morgan fingerprint density at radius 3 is 2.83 bits per heavy atom. The van der Waals surface area contributed by atoms with Gasteiger partial charge in [-0.2, -0.15) is 9.40 Å². The predicted octanol–water partition coefficient (Wildman–Crippen LogP) is 2.12. The van der Waals surface area contributed by atoms with E-state index in [-0.39, 0.29) is 23.3 Å². The fourth-order valence-corrected chi connectivity index (χ4v) is 4.90. The zero-order chi connectivity index (χ0) is 21.3. The van der Waals surface area contributed by atoms with Crippen LogP contribution in [0.15, 0.2) is 47.5 Å². The fourth-order valence-electron chi connectivity index (χ4n) is 3.78. The summed E-state index contributed by atoms with van der Waals surface area (Å²) in [6.45, 7) is 0.775. The second-order valence-corrected chi connectivity index (χ2v) is 9.45. The number of halogens is 1. The van der Waals surface area contributed by atoms with Crippen molar-refractivity contribution in [1.82, 2.24) is 24.4 Å². The molecule has 2 aromatic heterocycles. The predicted molar refractivity (Wildman–Crippen MR) is 109 cm³/mol. The molecule has 3 aromatic rings. The molecule has 0 bridgehead atoms. The number of pyridine rings is 1. The number of H-pyrrole nitrogens is 1. The van der Waals surface area contributed by atoms with Crippen molar-refractivity contribution < 1.29 is 17.6 Å². The van der Waals surface area contributed by atoms with Crippen LogP contribution in [-0.2, 0) is 14.8 Å². The van der Waals surface area contributed by atoms with Crippen molar-refractivity contribution in [2.24, 2.45) is 0 Å². The molecule has 1 atom stereocenters. The summed E-state index contributed by atoms with van der Waals surface area (Å²) in [7, 11) is -2.53. The van der Waals surface area contributed by atoms with Crippen LogP contribution in [0.1, 0.15) is 24.5 Å². The van der Waals surface area contributed by atoms with E-state index in [0.29, 0.717) is 18.7 Å². The van der Waals surface area contributed by atoms with Gasteiger partial charge in [0.05, 0.1) is 11.4 Å². The quantitative estimate of drug-likeness (QED) is 0.667. The van der Waals surface area contributed by atoms with Crippen LogP contribution in [0.3, 0.4) is 0 Å². The molecule has 0 aliphatic carbocycles. The average Bonchev–Trinajstić information content (AvgIpc) is 3.18. The topological polar surface area (TPSA) is 99.3 Å². The third kappa shape index (κ3) is 3.92. The van der Waals surface area contributed by atoms with E-state index in [1.54, 1.807) is 11.1 Å². The van der Waals surface area contributed by atoms with E-state index in [2.05, 4.69) is 15.2 Å². The van der Waals surface area contributed by atoms with Crippen LogP contribution in [0.2, 0.25) is 0 Å². The molecule has 30 heavy (non-hydrogen) atoms. The van der Waals surface area contributed by atoms with Gasteiger partial charge >= 0.3 is 0 Å². The number of hydrogen-bond acceptors (Lipinski definition) is 5. The molecule has 10 heteroatoms. The minimum Gasteiger partial charge on any atom is -0.341 e. The van der Waals surface area contributed by atoms with Crippen LogP contribution in [0.5, 0.6) is 0 Å². The minimum absolute atomic E-state index is 0.0489. The van der Waals surface area contributed by atoms with Crippen LogP contribution in [0.25, 0.3) is 11.0 Å². The van der Waals surface area contributed by atoms with Gasteiger partial charge in [0.15, 0.2) is 5.65 Å². The van der Waals surface area contributed by atoms with Crippen molar-refractivity contribution in [2.45, 2.75) is 23.7 Å². The highest BCUT2D eigenvalue weighted by atomic mass is 32.2. The number of nitrogens with zero attached hydrogens (tertiary/aromatic N) is 4. The van der Waals surface area contributed by atoms with Crippen molar-refractivity contribution in [3.63, 3.8) is 0 Å². The molecule has 1 fully saturated rings. The summed E-state index contributed by atoms with van der Waals surface area (Å²) in [5.74, 6) is -0.709. The first-order valence-corrected chi connectivity index (χ1v) is 11.1. The molecule has 8 nitrogen and oxygen atoms in total. The number of hydrogen-bond donors (Lipinski definition) is 1. The molecule has 1 saturated heterocycles. The van der Waals surface area contributed by atoms with Crippen molar-refractivity contribution in [2.75, 3.05) is 26.7 Å². The van der Waals surface area contributed by atoms with Crippen LogP contribution >= 0.6 is 0 Å². The van der Waals surface area contributed by atoms with E-state index in [1.165, 1.54) is 19.2 Å². The maximum Gasteiger partial charge on any atom is 0.243 e. The first kappa shape index (κ1) is 20.4. The Morgan fingerprint density at radius 1 is 1.30 bits per heavy atom. The highest BCUT2D eigenvalue weighted by Gasteiger charge is 2.30. The normalized spacial score (nSPS) is 17.6. The van der Waals surface area contributed by atoms with Crippen LogP contribution in [0, 0.1) is 5.82 Å². The van der Waals surface area contributed by atoms with E-state index in [4.69, 9.17) is 0 Å². The number of aromatic nitrogens is 3. The number of fused-ring (bicyclic) bond motifs is 1. The summed E-state index contributed by atoms with van der Waals surface area (Å²) in [5, 5.41) is 8.21. The second-order valence-electron chi connectivity index (χ2n) is 7.41. The van der Waals surface area contributed by atoms with Gasteiger partial charge in [-0.25, -0.2) is 17.8 Å². The molecule has 3 heterocycles. The molecule has 0 spiro atoms. The minimum atomic E-state index is -3.88. The number of amides is 1. The average molecular weight is 431 g/mol. The monoisotopic (exact) mass is 431 g/mol. The number of aromatic amines is 1. The fraction of sp³-hybridized carbons (Fsp3) is 0.350. The van der Waals surface area contributed by atoms with Crippen molar-refractivity contribution in [3.8, 4) is 0 Å². The van der Waals surface area contributed by atoms with Gasteiger partial charge in [0.25, 0.3) is 0 Å². The summed E-state index contributed by atoms with van der Waals surface area (Å²) in [6.07, 6.45) is 3.40. The lowest BCUT2D eigenvalue weighted by Crippen LogP contribution is -2.45. The van der Waals surface area contributed by atoms with E-state index in [9.17, 15) is 17.6 Å². The number of benzene rings is 1. The number of carbonyl (C=O) groups is 1. The van der Waals surface area contributed by atoms with Gasteiger partial charge in [0.1, 0.15) is 5.82 Å². The van der Waals surface area contributed by atoms with E-state index < -0.39 is 15.8 Å². The lowest BCUT2D eigenvalue weighted by atomic mass is 9.93. The first-order valence-electron chi connectivity index (χ1n) is 9.65. The number of piperidine rings is 1. The molecule has 1 aliphatic heterocycles. The van der Waals surface area contributed by atoms with E-state index in [1.807, 2.05) is 12.1 Å². The SMILES string of the molecule is CN(CC(=O)N1CCCC(c2[nH]nc3ncccc23)C1)S(=O)(=O)c1ccc(F)cc1. The molecule has 4 rings (SSSR count). The molecular weight excluding hydrogens is 409 g/mol. The number of rotatable bonds is 5. The highest BCUT2D eigenvalue weighted by Crippen LogP contribution is 2.30. The largest absolute Gasteiger partial charge is 0.341 e. The van der Waals surface area contributed by atoms with Crippen molar-refractivity contribution >= 4 is 27.0 Å². The highest BCUT2D eigenvalue weighted by molar-refractivity contribution is 7.89. The number of likely N-dealkylation sites (N-methyl/N-ethyl adjacent to an activating group) is 1. The van der Waals surface area contributed by atoms with Gasteiger partial charge in [0.2, 0.25) is 15.9 Å². The summed E-state index contributed by atoms with van der Waals surface area (Å²) >= 11 is 0. The molecule has 1 unspecified atom stereocenters. The van der Waals surface area contributed by atoms with Crippen molar-refractivity contribution in [3.05, 3.63) is 54.1 Å². The van der Waals surface area contributed by atoms with Gasteiger partial charge in [0, 0.05) is 43.3 Å². The van der Waals surface area contributed by atoms with Gasteiger partial charge < -0.3 is 4.90 Å². The summed E-state index contributed by atoms with van der Waals surface area (Å²) in [5.41, 5.74) is 1.59. The van der Waals surface area contributed by atoms with E-state index >= 15 is 0 Å². The van der Waals surface area contributed by atoms with Gasteiger partial charge in [-0.3, -0.25) is 9.89 Å². The Labute approximate surface area is 173 Å². The summed E-state index contributed by atoms with van der Waals surface area (Å²) < 4.78 is 39.4. The summed E-state index contributed by atoms with van der Waals surface area (Å²) in [4.78, 5) is 18.7. The lowest BCUT2D eigenvalue weighted by Gasteiger charge is -2.33. The molecule has 1 amide bonds. The number of sulfonamides is 1. The molecule has 1 N–H and O–H groups in total. The lowest BCUT2D eigenvalue weighted by molar-refractivity contribution is -0.132. The van der Waals surface area contributed by atoms with Gasteiger partial charge in [-0.1, -0.05) is 0 Å². The van der Waals surface area contributed by atoms with Crippen LogP contribution < -0.4 is 0 Å². The smallest absolute Gasteiger partial charge is 0.243 e. The zero-order valence-electron chi connectivity index (χ0n) is 16.5. The summed E-state index contributed by atoms with van der Waals surface area (Å²) in [6, 6.07) is 8.36. The molecule has 1 aromatic carbocycles. The third-order valence-electron chi connectivity index (χ3n) is 5.42. The molecule has 158 valence electrons. The number of nitrogens with one attached hydrogen (secondary N) is 1. The Morgan fingerprint density at radius 2 is 2.07 bits per heavy atom. The Hall–Kier alpha value is -2.85. The maximum atomic E-state index is 13.1. The Kier molecular flexibility index (Phi) is 5.52. The second kappa shape index (κ2) is 8.11. The zero-order valence-corrected chi connectivity index (χ0v) is 17.3. The van der Waals surface area contributed by atoms with Crippen LogP contribution in [-0.4, -0.2) is 65.4 Å². The number of carbonyl (C=O) groups excluding carboxylic acids is 1. The number of likely N-dealkylation sites (tertiary alicyclic amines) is 1. The standard InChI is InChI=1S/C20H22FN5O3S/c1-25(30(28,29)16-8-6-15(21)7-9-16)13-18(27)26-11-3-4-14(12-26)19-17-5-2-10-22-20(17)24-23-19/h2,5-10,14H,3-4,11-13H2,1H3,(H,22,23,24). The van der Waals surface area contributed by atoms with Crippen molar-refractivity contribution in [1.29, 1.82) is 0 Å². The first-order chi connectivity index (χ1) is 14.4. The van der Waals surface area contributed by atoms with Gasteiger partial charge in [-0.05, 0) is 49.2 Å². The molecular formula is C20H22FN5O3S. The van der Waals surface area contributed by atoms with Gasteiger partial charge in [-0.15, -0.1) is 0 Å². The maximum absolute atomic E-state index is 13.1. The van der Waals surface area contributed by atoms with Crippen LogP contribution in [0.4, 0.5) is 4.39 Å².